The maximum atomic E-state index is 12.1. The van der Waals surface area contributed by atoms with Crippen molar-refractivity contribution in [1.29, 1.82) is 0 Å². The van der Waals surface area contributed by atoms with Gasteiger partial charge in [-0.05, 0) is 93.1 Å². The molecule has 0 spiro atoms. The maximum Gasteiger partial charge on any atom is 0.321 e. The second-order valence-electron chi connectivity index (χ2n) is 12.6. The van der Waals surface area contributed by atoms with Crippen LogP contribution in [0.2, 0.25) is 0 Å². The summed E-state index contributed by atoms with van der Waals surface area (Å²) in [5.41, 5.74) is 5.35. The number of carbonyl (C=O) groups is 1. The standard InChI is InChI=1S/C34H46N4O2/c1-24(2)33(34(39)40)36(4)31-18-29(32(19-31)28-12-8-9-25(3)17-28)22-37-15-13-27(14-16-37)30-20-35-38(23-30)21-26-10-6-5-7-11-26/h5-12,17,20,23-24,27,29,31-33H,13-16,18-19,21-22H2,1-4H3,(H,39,40)/t29-,31+,32-,33-/m1/s1. The van der Waals surface area contributed by atoms with Gasteiger partial charge in [0.25, 0.3) is 0 Å². The molecule has 6 heteroatoms. The van der Waals surface area contributed by atoms with Gasteiger partial charge in [0.2, 0.25) is 0 Å². The van der Waals surface area contributed by atoms with Crippen molar-refractivity contribution in [3.63, 3.8) is 0 Å². The zero-order chi connectivity index (χ0) is 28.2. The number of likely N-dealkylation sites (tertiary alicyclic amines) is 1. The van der Waals surface area contributed by atoms with Crippen LogP contribution in [-0.4, -0.2) is 69.4 Å². The van der Waals surface area contributed by atoms with E-state index in [1.165, 1.54) is 22.3 Å². The number of carboxylic acids is 1. The van der Waals surface area contributed by atoms with Gasteiger partial charge in [-0.3, -0.25) is 14.4 Å². The molecular weight excluding hydrogens is 496 g/mol. The van der Waals surface area contributed by atoms with Gasteiger partial charge in [0.05, 0.1) is 12.7 Å². The molecule has 0 amide bonds. The number of aryl methyl sites for hydroxylation is 1. The number of aromatic nitrogens is 2. The molecule has 5 rings (SSSR count). The van der Waals surface area contributed by atoms with Gasteiger partial charge in [-0.25, -0.2) is 0 Å². The smallest absolute Gasteiger partial charge is 0.321 e. The molecule has 40 heavy (non-hydrogen) atoms. The molecule has 2 fully saturated rings. The molecule has 3 aromatic rings. The third kappa shape index (κ3) is 6.67. The molecule has 1 N–H and O–H groups in total. The number of hydrogen-bond acceptors (Lipinski definition) is 4. The van der Waals surface area contributed by atoms with E-state index in [2.05, 4.69) is 93.5 Å². The topological polar surface area (TPSA) is 61.6 Å². The lowest BCUT2D eigenvalue weighted by molar-refractivity contribution is -0.145. The van der Waals surface area contributed by atoms with Gasteiger partial charge in [-0.15, -0.1) is 0 Å². The quantitative estimate of drug-likeness (QED) is 0.339. The average Bonchev–Trinajstić information content (AvgIpc) is 3.57. The van der Waals surface area contributed by atoms with Gasteiger partial charge in [-0.1, -0.05) is 74.0 Å². The SMILES string of the molecule is Cc1cccc([C@H]2C[C@@H](N(C)[C@@H](C(=O)O)C(C)C)C[C@@H]2CN2CCC(c3cnn(Cc4ccccc4)c3)CC2)c1. The van der Waals surface area contributed by atoms with Crippen molar-refractivity contribution in [2.45, 2.75) is 76.9 Å². The highest BCUT2D eigenvalue weighted by atomic mass is 16.4. The molecule has 4 atom stereocenters. The van der Waals surface area contributed by atoms with Crippen LogP contribution >= 0.6 is 0 Å². The molecule has 6 nitrogen and oxygen atoms in total. The number of likely N-dealkylation sites (N-methyl/N-ethyl adjacent to an activating group) is 1. The number of piperidine rings is 1. The monoisotopic (exact) mass is 542 g/mol. The van der Waals surface area contributed by atoms with Crippen molar-refractivity contribution < 1.29 is 9.90 Å². The van der Waals surface area contributed by atoms with E-state index in [9.17, 15) is 9.90 Å². The molecule has 0 bridgehead atoms. The van der Waals surface area contributed by atoms with Crippen LogP contribution in [0.5, 0.6) is 0 Å². The maximum absolute atomic E-state index is 12.1. The first-order valence-electron chi connectivity index (χ1n) is 15.1. The fourth-order valence-corrected chi connectivity index (χ4v) is 7.32. The number of carboxylic acid groups (broad SMARTS) is 1. The zero-order valence-electron chi connectivity index (χ0n) is 24.6. The normalized spacial score (nSPS) is 23.2. The van der Waals surface area contributed by atoms with Crippen molar-refractivity contribution in [2.24, 2.45) is 11.8 Å². The van der Waals surface area contributed by atoms with E-state index < -0.39 is 12.0 Å². The van der Waals surface area contributed by atoms with E-state index in [-0.39, 0.29) is 12.0 Å². The van der Waals surface area contributed by atoms with Gasteiger partial charge in [-0.2, -0.15) is 5.10 Å². The predicted molar refractivity (Wildman–Crippen MR) is 161 cm³/mol. The third-order valence-electron chi connectivity index (χ3n) is 9.43. The van der Waals surface area contributed by atoms with Crippen LogP contribution in [0.15, 0.2) is 67.0 Å². The summed E-state index contributed by atoms with van der Waals surface area (Å²) in [5.74, 6) is 0.930. The Morgan fingerprint density at radius 2 is 1.80 bits per heavy atom. The molecule has 1 aromatic heterocycles. The van der Waals surface area contributed by atoms with E-state index in [4.69, 9.17) is 0 Å². The molecule has 1 aliphatic heterocycles. The van der Waals surface area contributed by atoms with Crippen LogP contribution in [0, 0.1) is 18.8 Å². The minimum Gasteiger partial charge on any atom is -0.480 e. The van der Waals surface area contributed by atoms with E-state index in [1.807, 2.05) is 20.9 Å². The highest BCUT2D eigenvalue weighted by Crippen LogP contribution is 2.43. The number of hydrogen-bond donors (Lipinski definition) is 1. The van der Waals surface area contributed by atoms with Crippen LogP contribution in [0.4, 0.5) is 0 Å². The summed E-state index contributed by atoms with van der Waals surface area (Å²) in [5, 5.41) is 14.6. The molecule has 1 aliphatic carbocycles. The van der Waals surface area contributed by atoms with E-state index in [0.29, 0.717) is 17.8 Å². The molecule has 0 unspecified atom stereocenters. The Balaban J connectivity index is 1.23. The Labute approximate surface area is 240 Å². The van der Waals surface area contributed by atoms with E-state index in [0.717, 1.165) is 51.9 Å². The predicted octanol–water partition coefficient (Wildman–Crippen LogP) is 6.02. The van der Waals surface area contributed by atoms with Crippen LogP contribution in [-0.2, 0) is 11.3 Å². The minimum atomic E-state index is -0.706. The number of benzene rings is 2. The van der Waals surface area contributed by atoms with Gasteiger partial charge in [0.1, 0.15) is 6.04 Å². The lowest BCUT2D eigenvalue weighted by atomic mass is 9.86. The summed E-state index contributed by atoms with van der Waals surface area (Å²) in [6.45, 7) is 10.3. The van der Waals surface area contributed by atoms with Gasteiger partial charge < -0.3 is 10.0 Å². The highest BCUT2D eigenvalue weighted by molar-refractivity contribution is 5.73. The van der Waals surface area contributed by atoms with Gasteiger partial charge >= 0.3 is 5.97 Å². The number of rotatable bonds is 10. The molecule has 2 heterocycles. The summed E-state index contributed by atoms with van der Waals surface area (Å²) in [4.78, 5) is 16.9. The number of nitrogens with zero attached hydrogens (tertiary/aromatic N) is 4. The fraction of sp³-hybridized carbons (Fsp3) is 0.529. The molecular formula is C34H46N4O2. The van der Waals surface area contributed by atoms with Crippen molar-refractivity contribution in [3.05, 3.63) is 89.2 Å². The highest BCUT2D eigenvalue weighted by Gasteiger charge is 2.41. The van der Waals surface area contributed by atoms with Crippen LogP contribution < -0.4 is 0 Å². The van der Waals surface area contributed by atoms with Crippen molar-refractivity contribution in [2.75, 3.05) is 26.7 Å². The second-order valence-corrected chi connectivity index (χ2v) is 12.6. The summed E-state index contributed by atoms with van der Waals surface area (Å²) in [6.07, 6.45) is 8.72. The summed E-state index contributed by atoms with van der Waals surface area (Å²) in [7, 11) is 2.03. The van der Waals surface area contributed by atoms with Crippen molar-refractivity contribution >= 4 is 5.97 Å². The van der Waals surface area contributed by atoms with Crippen LogP contribution in [0.25, 0.3) is 0 Å². The van der Waals surface area contributed by atoms with Crippen LogP contribution in [0.3, 0.4) is 0 Å². The first kappa shape index (κ1) is 28.6. The van der Waals surface area contributed by atoms with Gasteiger partial charge in [0, 0.05) is 18.8 Å². The Morgan fingerprint density at radius 3 is 2.48 bits per heavy atom. The van der Waals surface area contributed by atoms with Crippen molar-refractivity contribution in [1.82, 2.24) is 19.6 Å². The number of aliphatic carboxylic acids is 1. The summed E-state index contributed by atoms with van der Waals surface area (Å²) < 4.78 is 2.07. The molecule has 0 radical (unpaired) electrons. The summed E-state index contributed by atoms with van der Waals surface area (Å²) >= 11 is 0. The molecule has 2 aliphatic rings. The first-order chi connectivity index (χ1) is 19.3. The van der Waals surface area contributed by atoms with Gasteiger partial charge in [0.15, 0.2) is 0 Å². The Kier molecular flexibility index (Phi) is 9.07. The van der Waals surface area contributed by atoms with E-state index >= 15 is 0 Å². The fourth-order valence-electron chi connectivity index (χ4n) is 7.32. The largest absolute Gasteiger partial charge is 0.480 e. The third-order valence-corrected chi connectivity index (χ3v) is 9.43. The van der Waals surface area contributed by atoms with Crippen molar-refractivity contribution in [3.8, 4) is 0 Å². The lowest BCUT2D eigenvalue weighted by Crippen LogP contribution is -2.47. The average molecular weight is 543 g/mol. The van der Waals surface area contributed by atoms with Crippen LogP contribution in [0.1, 0.15) is 73.6 Å². The minimum absolute atomic E-state index is 0.0787. The Bertz CT molecular complexity index is 1250. The molecule has 1 saturated heterocycles. The second kappa shape index (κ2) is 12.7. The molecule has 2 aromatic carbocycles. The van der Waals surface area contributed by atoms with E-state index in [1.54, 1.807) is 0 Å². The lowest BCUT2D eigenvalue weighted by Gasteiger charge is -2.35. The first-order valence-corrected chi connectivity index (χ1v) is 15.1. The Hall–Kier alpha value is -2.96. The molecule has 214 valence electrons. The Morgan fingerprint density at radius 1 is 1.05 bits per heavy atom. The summed E-state index contributed by atoms with van der Waals surface area (Å²) in [6, 6.07) is 19.3. The zero-order valence-corrected chi connectivity index (χ0v) is 24.6. The molecule has 1 saturated carbocycles.